The minimum Gasteiger partial charge on any atom is -0.444 e. The molecule has 1 aliphatic heterocycles. The number of hydrogen-bond acceptors (Lipinski definition) is 6. The molecule has 0 spiro atoms. The first-order chi connectivity index (χ1) is 18.5. The quantitative estimate of drug-likeness (QED) is 0.566. The Morgan fingerprint density at radius 2 is 1.97 bits per heavy atom. The molecule has 1 heterocycles. The smallest absolute Gasteiger partial charge is 0.410 e. The number of nitrogens with one attached hydrogen (secondary N) is 1. The lowest BCUT2D eigenvalue weighted by Gasteiger charge is -2.41. The maximum Gasteiger partial charge on any atom is 0.410 e. The second kappa shape index (κ2) is 11.2. The molecule has 0 bridgehead atoms. The molecule has 206 valence electrons. The summed E-state index contributed by atoms with van der Waals surface area (Å²) in [5.74, 6) is -0.940. The molecule has 1 saturated carbocycles. The van der Waals surface area contributed by atoms with Crippen molar-refractivity contribution < 1.29 is 23.5 Å². The fraction of sp³-hybridized carbons (Fsp3) is 0.533. The molecule has 8 nitrogen and oxygen atoms in total. The Labute approximate surface area is 229 Å². The molecular weight excluding hydrogens is 499 g/mol. The summed E-state index contributed by atoms with van der Waals surface area (Å²) in [4.78, 5) is 27.2. The van der Waals surface area contributed by atoms with Crippen LogP contribution < -0.4 is 5.32 Å². The molecule has 2 amide bonds. The molecule has 0 radical (unpaired) electrons. The first-order valence-corrected chi connectivity index (χ1v) is 13.4. The van der Waals surface area contributed by atoms with E-state index in [0.29, 0.717) is 31.4 Å². The van der Waals surface area contributed by atoms with E-state index in [9.17, 15) is 20.1 Å². The van der Waals surface area contributed by atoms with Crippen LogP contribution in [0.1, 0.15) is 52.0 Å². The fourth-order valence-electron chi connectivity index (χ4n) is 5.14. The number of ether oxygens (including phenoxy) is 2. The van der Waals surface area contributed by atoms with Crippen molar-refractivity contribution in [2.24, 2.45) is 11.3 Å². The van der Waals surface area contributed by atoms with Crippen molar-refractivity contribution in [1.82, 2.24) is 10.2 Å². The van der Waals surface area contributed by atoms with Gasteiger partial charge in [-0.15, -0.1) is 0 Å². The van der Waals surface area contributed by atoms with Crippen LogP contribution >= 0.6 is 0 Å². The molecule has 1 aromatic rings. The van der Waals surface area contributed by atoms with E-state index in [0.717, 1.165) is 5.56 Å². The van der Waals surface area contributed by atoms with Crippen molar-refractivity contribution in [2.45, 2.75) is 69.9 Å². The zero-order valence-electron chi connectivity index (χ0n) is 22.7. The summed E-state index contributed by atoms with van der Waals surface area (Å²) in [6.45, 7) is 5.86. The van der Waals surface area contributed by atoms with Crippen molar-refractivity contribution >= 4 is 17.6 Å². The minimum atomic E-state index is -1.99. The number of nitrogens with zero attached hydrogens (tertiary/aromatic N) is 3. The Morgan fingerprint density at radius 1 is 1.26 bits per heavy atom. The monoisotopic (exact) mass is 534 g/mol. The molecule has 0 aromatic heterocycles. The zero-order valence-corrected chi connectivity index (χ0v) is 22.7. The molecule has 4 rings (SSSR count). The lowest BCUT2D eigenvalue weighted by atomic mass is 9.64. The Kier molecular flexibility index (Phi) is 8.13. The molecule has 3 aliphatic rings. The molecule has 1 aromatic carbocycles. The standard InChI is InChI=1S/C30H35FN4O4/c1-28(2,3)39-27(37)35-14-7-15-38-25(19-35)26(36)34-24(18-32)17-29(20-33)13-12-22(21-8-5-4-6-9-21)16-30(29,31)23-10-11-23/h4-6,8-9,12-13,16,23-25H,7,10-11,14-15,17,19H2,1-3H3,(H,34,36)/t24?,25-,29?,30?/m0/s1. The highest BCUT2D eigenvalue weighted by atomic mass is 19.1. The van der Waals surface area contributed by atoms with Crippen molar-refractivity contribution in [3.63, 3.8) is 0 Å². The van der Waals surface area contributed by atoms with Gasteiger partial charge in [0.1, 0.15) is 17.1 Å². The number of allylic oxidation sites excluding steroid dienone is 4. The maximum absolute atomic E-state index is 16.9. The molecule has 39 heavy (non-hydrogen) atoms. The van der Waals surface area contributed by atoms with E-state index in [1.807, 2.05) is 36.4 Å². The first-order valence-electron chi connectivity index (χ1n) is 13.4. The van der Waals surface area contributed by atoms with E-state index in [1.54, 1.807) is 32.9 Å². The Hall–Kier alpha value is -3.69. The predicted octanol–water partition coefficient (Wildman–Crippen LogP) is 4.69. The van der Waals surface area contributed by atoms with Crippen molar-refractivity contribution in [3.05, 3.63) is 54.1 Å². The lowest BCUT2D eigenvalue weighted by molar-refractivity contribution is -0.133. The number of carbonyl (C=O) groups excluding carboxylic acids is 2. The van der Waals surface area contributed by atoms with E-state index >= 15 is 4.39 Å². The Bertz CT molecular complexity index is 1220. The van der Waals surface area contributed by atoms with Crippen LogP contribution in [-0.4, -0.2) is 60.0 Å². The first kappa shape index (κ1) is 28.3. The van der Waals surface area contributed by atoms with E-state index in [-0.39, 0.29) is 25.5 Å². The normalized spacial score (nSPS) is 27.8. The van der Waals surface area contributed by atoms with Crippen LogP contribution in [0.3, 0.4) is 0 Å². The fourth-order valence-corrected chi connectivity index (χ4v) is 5.14. The van der Waals surface area contributed by atoms with Crippen molar-refractivity contribution in [2.75, 3.05) is 19.7 Å². The highest BCUT2D eigenvalue weighted by Gasteiger charge is 2.60. The van der Waals surface area contributed by atoms with Crippen LogP contribution in [0.5, 0.6) is 0 Å². The molecule has 9 heteroatoms. The number of rotatable bonds is 6. The molecule has 1 saturated heterocycles. The molecule has 4 atom stereocenters. The second-order valence-electron chi connectivity index (χ2n) is 11.5. The number of carbonyl (C=O) groups is 2. The highest BCUT2D eigenvalue weighted by Crippen LogP contribution is 2.57. The van der Waals surface area contributed by atoms with Crippen LogP contribution in [0.15, 0.2) is 48.6 Å². The third-order valence-electron chi connectivity index (χ3n) is 7.29. The van der Waals surface area contributed by atoms with Gasteiger partial charge < -0.3 is 19.7 Å². The maximum atomic E-state index is 16.9. The van der Waals surface area contributed by atoms with Gasteiger partial charge in [-0.1, -0.05) is 42.5 Å². The number of amides is 2. The summed E-state index contributed by atoms with van der Waals surface area (Å²) in [6.07, 6.45) is 4.81. The van der Waals surface area contributed by atoms with Crippen LogP contribution in [0, 0.1) is 34.0 Å². The van der Waals surface area contributed by atoms with Crippen LogP contribution in [0.4, 0.5) is 9.18 Å². The third kappa shape index (κ3) is 6.32. The highest BCUT2D eigenvalue weighted by molar-refractivity contribution is 5.82. The SMILES string of the molecule is CC(C)(C)OC(=O)N1CCCO[C@H](C(=O)NC(C#N)CC2(C#N)C=CC(c3ccccc3)=CC2(F)C2CC2)C1. The van der Waals surface area contributed by atoms with Gasteiger partial charge in [-0.3, -0.25) is 4.79 Å². The van der Waals surface area contributed by atoms with Gasteiger partial charge in [0.25, 0.3) is 5.91 Å². The summed E-state index contributed by atoms with van der Waals surface area (Å²) < 4.78 is 28.0. The third-order valence-corrected chi connectivity index (χ3v) is 7.29. The predicted molar refractivity (Wildman–Crippen MR) is 142 cm³/mol. The average Bonchev–Trinajstić information content (AvgIpc) is 3.76. The van der Waals surface area contributed by atoms with Crippen LogP contribution in [-0.2, 0) is 14.3 Å². The molecule has 2 aliphatic carbocycles. The van der Waals surface area contributed by atoms with Gasteiger partial charge in [0.05, 0.1) is 18.7 Å². The van der Waals surface area contributed by atoms with Crippen LogP contribution in [0.25, 0.3) is 5.57 Å². The van der Waals surface area contributed by atoms with Gasteiger partial charge in [0.2, 0.25) is 0 Å². The summed E-state index contributed by atoms with van der Waals surface area (Å²) in [5.41, 5.74) is -2.79. The van der Waals surface area contributed by atoms with Crippen molar-refractivity contribution in [1.29, 1.82) is 10.5 Å². The van der Waals surface area contributed by atoms with E-state index in [2.05, 4.69) is 11.4 Å². The van der Waals surface area contributed by atoms with Gasteiger partial charge in [-0.05, 0) is 63.2 Å². The van der Waals surface area contributed by atoms with Crippen LogP contribution in [0.2, 0.25) is 0 Å². The largest absolute Gasteiger partial charge is 0.444 e. The summed E-state index contributed by atoms with van der Waals surface area (Å²) >= 11 is 0. The second-order valence-corrected chi connectivity index (χ2v) is 11.5. The van der Waals surface area contributed by atoms with Gasteiger partial charge >= 0.3 is 6.09 Å². The summed E-state index contributed by atoms with van der Waals surface area (Å²) in [7, 11) is 0. The Balaban J connectivity index is 1.50. The van der Waals surface area contributed by atoms with Gasteiger partial charge in [-0.25, -0.2) is 9.18 Å². The van der Waals surface area contributed by atoms with Gasteiger partial charge in [0, 0.05) is 19.6 Å². The molecule has 1 N–H and O–H groups in total. The minimum absolute atomic E-state index is 0.0412. The van der Waals surface area contributed by atoms with E-state index in [4.69, 9.17) is 9.47 Å². The topological polar surface area (TPSA) is 115 Å². The van der Waals surface area contributed by atoms with Crippen molar-refractivity contribution in [3.8, 4) is 12.1 Å². The summed E-state index contributed by atoms with van der Waals surface area (Å²) in [6, 6.07) is 12.4. The average molecular weight is 535 g/mol. The number of nitriles is 2. The number of alkyl halides is 1. The number of halogens is 1. The zero-order chi connectivity index (χ0) is 28.3. The van der Waals surface area contributed by atoms with E-state index in [1.165, 1.54) is 11.0 Å². The van der Waals surface area contributed by atoms with Gasteiger partial charge in [0.15, 0.2) is 11.8 Å². The molecule has 3 unspecified atom stereocenters. The van der Waals surface area contributed by atoms with E-state index < -0.39 is 40.8 Å². The van der Waals surface area contributed by atoms with Gasteiger partial charge in [-0.2, -0.15) is 10.5 Å². The molecule has 2 fully saturated rings. The number of benzene rings is 1. The summed E-state index contributed by atoms with van der Waals surface area (Å²) in [5, 5.41) is 22.9. The lowest BCUT2D eigenvalue weighted by Crippen LogP contribution is -2.52. The molecular formula is C30H35FN4O4. The Morgan fingerprint density at radius 3 is 2.59 bits per heavy atom. The number of hydrogen-bond donors (Lipinski definition) is 1.